The summed E-state index contributed by atoms with van der Waals surface area (Å²) in [5.74, 6) is 0.950. The molecule has 1 aliphatic heterocycles. The average molecular weight is 299 g/mol. The van der Waals surface area contributed by atoms with Crippen molar-refractivity contribution in [3.8, 4) is 0 Å². The molecule has 5 heteroatoms. The van der Waals surface area contributed by atoms with Gasteiger partial charge in [-0.25, -0.2) is 0 Å². The maximum Gasteiger partial charge on any atom is 0.251 e. The Morgan fingerprint density at radius 3 is 3.10 bits per heavy atom. The van der Waals surface area contributed by atoms with Crippen LogP contribution < -0.4 is 11.1 Å². The summed E-state index contributed by atoms with van der Waals surface area (Å²) in [6.07, 6.45) is 2.57. The van der Waals surface area contributed by atoms with Gasteiger partial charge in [0.1, 0.15) is 0 Å². The number of hydrogen-bond donors (Lipinski definition) is 2. The SMILES string of the molecule is NCc1cc(C(=O)NC2CCSc3ccccc32)ccn1. The van der Waals surface area contributed by atoms with Crippen LogP contribution >= 0.6 is 11.8 Å². The van der Waals surface area contributed by atoms with Crippen LogP contribution in [0.15, 0.2) is 47.5 Å². The number of aromatic nitrogens is 1. The van der Waals surface area contributed by atoms with E-state index in [2.05, 4.69) is 22.4 Å². The topological polar surface area (TPSA) is 68.0 Å². The first kappa shape index (κ1) is 14.1. The molecule has 3 rings (SSSR count). The molecular formula is C16H17N3OS. The van der Waals surface area contributed by atoms with Gasteiger partial charge in [0.2, 0.25) is 0 Å². The number of hydrogen-bond acceptors (Lipinski definition) is 4. The molecule has 21 heavy (non-hydrogen) atoms. The van der Waals surface area contributed by atoms with E-state index in [1.54, 1.807) is 18.3 Å². The summed E-state index contributed by atoms with van der Waals surface area (Å²) in [6.45, 7) is 0.337. The molecule has 0 fully saturated rings. The monoisotopic (exact) mass is 299 g/mol. The van der Waals surface area contributed by atoms with E-state index in [-0.39, 0.29) is 11.9 Å². The van der Waals surface area contributed by atoms with Gasteiger partial charge < -0.3 is 11.1 Å². The molecule has 0 radical (unpaired) electrons. The molecule has 4 nitrogen and oxygen atoms in total. The van der Waals surface area contributed by atoms with Crippen LogP contribution in [-0.2, 0) is 6.54 Å². The van der Waals surface area contributed by atoms with E-state index in [1.165, 1.54) is 10.5 Å². The number of nitrogens with zero attached hydrogens (tertiary/aromatic N) is 1. The molecule has 2 heterocycles. The standard InChI is InChI=1S/C16H17N3OS/c17-10-12-9-11(5-7-18-12)16(20)19-14-6-8-21-15-4-2-1-3-13(14)15/h1-5,7,9,14H,6,8,10,17H2,(H,19,20). The first-order chi connectivity index (χ1) is 10.3. The molecule has 1 amide bonds. The van der Waals surface area contributed by atoms with Crippen molar-refractivity contribution in [3.63, 3.8) is 0 Å². The average Bonchev–Trinajstić information content (AvgIpc) is 2.55. The van der Waals surface area contributed by atoms with Crippen molar-refractivity contribution in [3.05, 3.63) is 59.4 Å². The van der Waals surface area contributed by atoms with Crippen LogP contribution in [-0.4, -0.2) is 16.6 Å². The summed E-state index contributed by atoms with van der Waals surface area (Å²) in [4.78, 5) is 17.8. The lowest BCUT2D eigenvalue weighted by Crippen LogP contribution is -2.30. The molecule has 0 aliphatic carbocycles. The van der Waals surface area contributed by atoms with Crippen LogP contribution in [0.4, 0.5) is 0 Å². The third-order valence-corrected chi connectivity index (χ3v) is 4.67. The molecule has 1 aliphatic rings. The third kappa shape index (κ3) is 3.09. The van der Waals surface area contributed by atoms with Crippen molar-refractivity contribution in [1.82, 2.24) is 10.3 Å². The van der Waals surface area contributed by atoms with Crippen LogP contribution in [0.3, 0.4) is 0 Å². The fourth-order valence-corrected chi connectivity index (χ4v) is 3.59. The highest BCUT2D eigenvalue weighted by Gasteiger charge is 2.22. The number of fused-ring (bicyclic) bond motifs is 1. The Morgan fingerprint density at radius 1 is 1.38 bits per heavy atom. The van der Waals surface area contributed by atoms with Gasteiger partial charge in [-0.3, -0.25) is 9.78 Å². The number of benzene rings is 1. The lowest BCUT2D eigenvalue weighted by atomic mass is 10.0. The fraction of sp³-hybridized carbons (Fsp3) is 0.250. The van der Waals surface area contributed by atoms with Crippen LogP contribution in [0.5, 0.6) is 0 Å². The summed E-state index contributed by atoms with van der Waals surface area (Å²) < 4.78 is 0. The molecule has 1 aromatic carbocycles. The second kappa shape index (κ2) is 6.28. The van der Waals surface area contributed by atoms with Gasteiger partial charge in [0.05, 0.1) is 11.7 Å². The zero-order valence-electron chi connectivity index (χ0n) is 11.6. The summed E-state index contributed by atoms with van der Waals surface area (Å²) in [5.41, 5.74) is 8.11. The van der Waals surface area contributed by atoms with E-state index in [1.807, 2.05) is 23.9 Å². The maximum atomic E-state index is 12.4. The van der Waals surface area contributed by atoms with E-state index in [4.69, 9.17) is 5.73 Å². The molecule has 2 aromatic rings. The minimum atomic E-state index is -0.0706. The highest BCUT2D eigenvalue weighted by molar-refractivity contribution is 7.99. The number of nitrogens with two attached hydrogens (primary N) is 1. The van der Waals surface area contributed by atoms with Gasteiger partial charge in [0, 0.05) is 29.0 Å². The highest BCUT2D eigenvalue weighted by atomic mass is 32.2. The Hall–Kier alpha value is -1.85. The number of amides is 1. The van der Waals surface area contributed by atoms with Gasteiger partial charge in [-0.15, -0.1) is 11.8 Å². The summed E-state index contributed by atoms with van der Waals surface area (Å²) in [5, 5.41) is 3.12. The second-order valence-corrected chi connectivity index (χ2v) is 6.08. The molecule has 1 aromatic heterocycles. The Bertz CT molecular complexity index is 659. The predicted octanol–water partition coefficient (Wildman–Crippen LogP) is 2.51. The van der Waals surface area contributed by atoms with Gasteiger partial charge in [0.25, 0.3) is 5.91 Å². The van der Waals surface area contributed by atoms with E-state index < -0.39 is 0 Å². The van der Waals surface area contributed by atoms with Crippen molar-refractivity contribution < 1.29 is 4.79 Å². The molecule has 0 saturated heterocycles. The number of nitrogens with one attached hydrogen (secondary N) is 1. The molecular weight excluding hydrogens is 282 g/mol. The second-order valence-electron chi connectivity index (χ2n) is 4.94. The van der Waals surface area contributed by atoms with Gasteiger partial charge in [-0.1, -0.05) is 18.2 Å². The zero-order valence-corrected chi connectivity index (χ0v) is 12.4. The number of carbonyl (C=O) groups is 1. The first-order valence-corrected chi connectivity index (χ1v) is 7.94. The summed E-state index contributed by atoms with van der Waals surface area (Å²) >= 11 is 1.84. The number of rotatable bonds is 3. The van der Waals surface area contributed by atoms with Crippen molar-refractivity contribution in [1.29, 1.82) is 0 Å². The van der Waals surface area contributed by atoms with E-state index in [0.717, 1.165) is 17.9 Å². The Labute approximate surface area is 128 Å². The number of pyridine rings is 1. The first-order valence-electron chi connectivity index (χ1n) is 6.95. The van der Waals surface area contributed by atoms with Crippen molar-refractivity contribution >= 4 is 17.7 Å². The predicted molar refractivity (Wildman–Crippen MR) is 84.1 cm³/mol. The minimum Gasteiger partial charge on any atom is -0.345 e. The van der Waals surface area contributed by atoms with Crippen LogP contribution in [0.25, 0.3) is 0 Å². The largest absolute Gasteiger partial charge is 0.345 e. The summed E-state index contributed by atoms with van der Waals surface area (Å²) in [6, 6.07) is 11.8. The van der Waals surface area contributed by atoms with E-state index >= 15 is 0 Å². The summed E-state index contributed by atoms with van der Waals surface area (Å²) in [7, 11) is 0. The Morgan fingerprint density at radius 2 is 2.24 bits per heavy atom. The number of carbonyl (C=O) groups excluding carboxylic acids is 1. The van der Waals surface area contributed by atoms with Crippen molar-refractivity contribution in [2.45, 2.75) is 23.9 Å². The molecule has 0 bridgehead atoms. The van der Waals surface area contributed by atoms with Gasteiger partial charge in [0.15, 0.2) is 0 Å². The zero-order chi connectivity index (χ0) is 14.7. The number of thioether (sulfide) groups is 1. The van der Waals surface area contributed by atoms with Gasteiger partial charge in [-0.05, 0) is 30.2 Å². The lowest BCUT2D eigenvalue weighted by Gasteiger charge is -2.25. The normalized spacial score (nSPS) is 17.1. The molecule has 1 atom stereocenters. The smallest absolute Gasteiger partial charge is 0.251 e. The van der Waals surface area contributed by atoms with Crippen molar-refractivity contribution in [2.24, 2.45) is 5.73 Å². The molecule has 108 valence electrons. The highest BCUT2D eigenvalue weighted by Crippen LogP contribution is 2.35. The molecule has 1 unspecified atom stereocenters. The van der Waals surface area contributed by atoms with Crippen LogP contribution in [0.1, 0.15) is 34.1 Å². The van der Waals surface area contributed by atoms with E-state index in [9.17, 15) is 4.79 Å². The molecule has 3 N–H and O–H groups in total. The minimum absolute atomic E-state index is 0.0706. The Kier molecular flexibility index (Phi) is 4.22. The lowest BCUT2D eigenvalue weighted by molar-refractivity contribution is 0.0934. The fourth-order valence-electron chi connectivity index (χ4n) is 2.46. The van der Waals surface area contributed by atoms with Crippen molar-refractivity contribution in [2.75, 3.05) is 5.75 Å². The van der Waals surface area contributed by atoms with Gasteiger partial charge >= 0.3 is 0 Å². The Balaban J connectivity index is 1.79. The van der Waals surface area contributed by atoms with Gasteiger partial charge in [-0.2, -0.15) is 0 Å². The third-order valence-electron chi connectivity index (χ3n) is 3.55. The van der Waals surface area contributed by atoms with Crippen LogP contribution in [0.2, 0.25) is 0 Å². The molecule has 0 spiro atoms. The van der Waals surface area contributed by atoms with Crippen LogP contribution in [0, 0.1) is 0 Å². The maximum absolute atomic E-state index is 12.4. The molecule has 0 saturated carbocycles. The quantitative estimate of drug-likeness (QED) is 0.914. The van der Waals surface area contributed by atoms with E-state index in [0.29, 0.717) is 12.1 Å².